The average molecular weight is 315 g/mol. The number of carboxylic acids is 1. The second-order valence-electron chi connectivity index (χ2n) is 4.95. The minimum absolute atomic E-state index is 0.430. The van der Waals surface area contributed by atoms with E-state index in [0.29, 0.717) is 31.1 Å². The van der Waals surface area contributed by atoms with Gasteiger partial charge in [0.25, 0.3) is 0 Å². The van der Waals surface area contributed by atoms with Crippen LogP contribution in [0.5, 0.6) is 11.5 Å². The van der Waals surface area contributed by atoms with Crippen LogP contribution < -0.4 is 9.47 Å². The largest absolute Gasteiger partial charge is 0.486 e. The predicted molar refractivity (Wildman–Crippen MR) is 70.3 cm³/mol. The van der Waals surface area contributed by atoms with Crippen molar-refractivity contribution < 1.29 is 19.4 Å². The molecule has 18 heavy (non-hydrogen) atoms. The minimum atomic E-state index is -0.815. The first kappa shape index (κ1) is 13.2. The average Bonchev–Trinajstić information content (AvgIpc) is 2.29. The zero-order chi connectivity index (χ0) is 13.3. The smallest absolute Gasteiger partial charge is 0.309 e. The summed E-state index contributed by atoms with van der Waals surface area (Å²) in [7, 11) is 0. The van der Waals surface area contributed by atoms with Gasteiger partial charge < -0.3 is 14.6 Å². The molecule has 0 unspecified atom stereocenters. The molecular formula is C13H15BrO4. The van der Waals surface area contributed by atoms with E-state index in [1.165, 1.54) is 0 Å². The molecule has 4 nitrogen and oxygen atoms in total. The Morgan fingerprint density at radius 2 is 1.89 bits per heavy atom. The third kappa shape index (κ3) is 2.61. The zero-order valence-electron chi connectivity index (χ0n) is 10.3. The van der Waals surface area contributed by atoms with Gasteiger partial charge in [-0.3, -0.25) is 4.79 Å². The number of carbonyl (C=O) groups is 1. The molecule has 1 aromatic carbocycles. The molecule has 1 heterocycles. The molecule has 2 rings (SSSR count). The number of hydrogen-bond donors (Lipinski definition) is 1. The van der Waals surface area contributed by atoms with Crippen molar-refractivity contribution in [3.63, 3.8) is 0 Å². The lowest BCUT2D eigenvalue weighted by atomic mass is 9.86. The van der Waals surface area contributed by atoms with Crippen LogP contribution in [0.3, 0.4) is 0 Å². The molecule has 1 N–H and O–H groups in total. The van der Waals surface area contributed by atoms with E-state index in [0.717, 1.165) is 10.0 Å². The lowest BCUT2D eigenvalue weighted by Gasteiger charge is -2.23. The molecule has 5 heteroatoms. The van der Waals surface area contributed by atoms with E-state index in [2.05, 4.69) is 15.9 Å². The predicted octanol–water partition coefficient (Wildman–Crippen LogP) is 2.87. The fraction of sp³-hybridized carbons (Fsp3) is 0.462. The molecule has 98 valence electrons. The van der Waals surface area contributed by atoms with E-state index in [1.54, 1.807) is 13.8 Å². The van der Waals surface area contributed by atoms with Crippen molar-refractivity contribution in [3.05, 3.63) is 22.2 Å². The molecular weight excluding hydrogens is 300 g/mol. The summed E-state index contributed by atoms with van der Waals surface area (Å²) in [5.74, 6) is 0.565. The SMILES string of the molecule is CC(C)(Cc1cc2c(cc1Br)OCCO2)C(=O)O. The van der Waals surface area contributed by atoms with Crippen molar-refractivity contribution in [1.82, 2.24) is 0 Å². The Hall–Kier alpha value is -1.23. The molecule has 0 spiro atoms. The lowest BCUT2D eigenvalue weighted by molar-refractivity contribution is -0.146. The van der Waals surface area contributed by atoms with Gasteiger partial charge in [-0.15, -0.1) is 0 Å². The van der Waals surface area contributed by atoms with Crippen LogP contribution in [-0.2, 0) is 11.2 Å². The molecule has 1 aliphatic heterocycles. The molecule has 0 radical (unpaired) electrons. The van der Waals surface area contributed by atoms with Crippen molar-refractivity contribution >= 4 is 21.9 Å². The van der Waals surface area contributed by atoms with Crippen LogP contribution in [0.4, 0.5) is 0 Å². The van der Waals surface area contributed by atoms with E-state index >= 15 is 0 Å². The topological polar surface area (TPSA) is 55.8 Å². The molecule has 0 aliphatic carbocycles. The number of aliphatic carboxylic acids is 1. The normalized spacial score (nSPS) is 14.4. The lowest BCUT2D eigenvalue weighted by Crippen LogP contribution is -2.26. The maximum absolute atomic E-state index is 11.2. The number of rotatable bonds is 3. The quantitative estimate of drug-likeness (QED) is 0.932. The van der Waals surface area contributed by atoms with E-state index in [-0.39, 0.29) is 0 Å². The summed E-state index contributed by atoms with van der Waals surface area (Å²) in [6, 6.07) is 3.69. The zero-order valence-corrected chi connectivity index (χ0v) is 11.9. The fourth-order valence-electron chi connectivity index (χ4n) is 1.79. The summed E-state index contributed by atoms with van der Waals surface area (Å²) in [4.78, 5) is 11.2. The number of carboxylic acid groups (broad SMARTS) is 1. The second kappa shape index (κ2) is 4.80. The molecule has 1 aromatic rings. The Morgan fingerprint density at radius 1 is 1.33 bits per heavy atom. The summed E-state index contributed by atoms with van der Waals surface area (Å²) in [5.41, 5.74) is 0.0957. The highest BCUT2D eigenvalue weighted by Gasteiger charge is 2.29. The number of halogens is 1. The first-order valence-electron chi connectivity index (χ1n) is 5.71. The first-order chi connectivity index (χ1) is 8.40. The highest BCUT2D eigenvalue weighted by molar-refractivity contribution is 9.10. The maximum Gasteiger partial charge on any atom is 0.309 e. The van der Waals surface area contributed by atoms with Crippen molar-refractivity contribution in [2.75, 3.05) is 13.2 Å². The van der Waals surface area contributed by atoms with Gasteiger partial charge in [0.1, 0.15) is 13.2 Å². The highest BCUT2D eigenvalue weighted by Crippen LogP contribution is 2.37. The molecule has 0 saturated heterocycles. The van der Waals surface area contributed by atoms with Crippen molar-refractivity contribution in [1.29, 1.82) is 0 Å². The van der Waals surface area contributed by atoms with Gasteiger partial charge in [-0.05, 0) is 38.0 Å². The van der Waals surface area contributed by atoms with Gasteiger partial charge in [0, 0.05) is 4.47 Å². The number of benzene rings is 1. The van der Waals surface area contributed by atoms with Gasteiger partial charge in [-0.25, -0.2) is 0 Å². The molecule has 0 aromatic heterocycles. The monoisotopic (exact) mass is 314 g/mol. The van der Waals surface area contributed by atoms with Crippen molar-refractivity contribution in [2.24, 2.45) is 5.41 Å². The Balaban J connectivity index is 2.31. The third-order valence-electron chi connectivity index (χ3n) is 2.92. The van der Waals surface area contributed by atoms with Crippen LogP contribution in [0.15, 0.2) is 16.6 Å². The van der Waals surface area contributed by atoms with Gasteiger partial charge in [0.05, 0.1) is 5.41 Å². The van der Waals surface area contributed by atoms with Crippen LogP contribution in [0.1, 0.15) is 19.4 Å². The molecule has 0 saturated carbocycles. The van der Waals surface area contributed by atoms with E-state index in [1.807, 2.05) is 12.1 Å². The second-order valence-corrected chi connectivity index (χ2v) is 5.81. The molecule has 0 amide bonds. The van der Waals surface area contributed by atoms with Crippen molar-refractivity contribution in [2.45, 2.75) is 20.3 Å². The molecule has 0 bridgehead atoms. The summed E-state index contributed by atoms with van der Waals surface area (Å²) < 4.78 is 11.8. The van der Waals surface area contributed by atoms with Crippen LogP contribution in [0, 0.1) is 5.41 Å². The van der Waals surface area contributed by atoms with Crippen LogP contribution in [0.25, 0.3) is 0 Å². The number of ether oxygens (including phenoxy) is 2. The minimum Gasteiger partial charge on any atom is -0.486 e. The third-order valence-corrected chi connectivity index (χ3v) is 3.66. The number of fused-ring (bicyclic) bond motifs is 1. The standard InChI is InChI=1S/C13H15BrO4/c1-13(2,12(15)16)7-8-5-10-11(6-9(8)14)18-4-3-17-10/h5-6H,3-4,7H2,1-2H3,(H,15,16). The summed E-state index contributed by atoms with van der Waals surface area (Å²) in [5, 5.41) is 9.16. The van der Waals surface area contributed by atoms with Crippen molar-refractivity contribution in [3.8, 4) is 11.5 Å². The van der Waals surface area contributed by atoms with Crippen LogP contribution in [0.2, 0.25) is 0 Å². The van der Waals surface area contributed by atoms with Crippen LogP contribution in [-0.4, -0.2) is 24.3 Å². The van der Waals surface area contributed by atoms with E-state index in [9.17, 15) is 4.79 Å². The van der Waals surface area contributed by atoms with Crippen LogP contribution >= 0.6 is 15.9 Å². The van der Waals surface area contributed by atoms with Gasteiger partial charge >= 0.3 is 5.97 Å². The Labute approximate surface area is 114 Å². The Kier molecular flexibility index (Phi) is 3.52. The summed E-state index contributed by atoms with van der Waals surface area (Å²) >= 11 is 3.45. The highest BCUT2D eigenvalue weighted by atomic mass is 79.9. The molecule has 0 atom stereocenters. The van der Waals surface area contributed by atoms with Gasteiger partial charge in [-0.2, -0.15) is 0 Å². The maximum atomic E-state index is 11.2. The van der Waals surface area contributed by atoms with E-state index in [4.69, 9.17) is 14.6 Å². The molecule has 0 fully saturated rings. The van der Waals surface area contributed by atoms with Gasteiger partial charge in [0.2, 0.25) is 0 Å². The summed E-state index contributed by atoms with van der Waals surface area (Å²) in [6.45, 7) is 4.48. The fourth-order valence-corrected chi connectivity index (χ4v) is 2.26. The Morgan fingerprint density at radius 3 is 2.44 bits per heavy atom. The van der Waals surface area contributed by atoms with Gasteiger partial charge in [0.15, 0.2) is 11.5 Å². The summed E-state index contributed by atoms with van der Waals surface area (Å²) in [6.07, 6.45) is 0.430. The van der Waals surface area contributed by atoms with Gasteiger partial charge in [-0.1, -0.05) is 15.9 Å². The molecule has 1 aliphatic rings. The Bertz CT molecular complexity index is 482. The number of hydrogen-bond acceptors (Lipinski definition) is 3. The first-order valence-corrected chi connectivity index (χ1v) is 6.51. The van der Waals surface area contributed by atoms with E-state index < -0.39 is 11.4 Å².